The van der Waals surface area contributed by atoms with Gasteiger partial charge in [0.1, 0.15) is 0 Å². The van der Waals surface area contributed by atoms with Crippen molar-refractivity contribution in [2.75, 3.05) is 13.2 Å². The summed E-state index contributed by atoms with van der Waals surface area (Å²) in [7, 11) is 0. The maximum atomic E-state index is 8.17. The largest absolute Gasteiger partial charge is 0.396 e. The van der Waals surface area contributed by atoms with Crippen molar-refractivity contribution < 1.29 is 5.11 Å². The molecule has 0 fully saturated rings. The van der Waals surface area contributed by atoms with E-state index >= 15 is 0 Å². The summed E-state index contributed by atoms with van der Waals surface area (Å²) in [5.41, 5.74) is 0. The van der Waals surface area contributed by atoms with Crippen LogP contribution in [0.1, 0.15) is 6.42 Å². The molecule has 0 aromatic carbocycles. The molecule has 0 atom stereocenters. The second-order valence-corrected chi connectivity index (χ2v) is 1.23. The second kappa shape index (κ2) is 5.76. The minimum absolute atomic E-state index is 0.181. The minimum atomic E-state index is 0.181. The lowest BCUT2D eigenvalue weighted by molar-refractivity contribution is 0.291. The van der Waals surface area contributed by atoms with E-state index in [1.165, 1.54) is 0 Å². The highest BCUT2D eigenvalue weighted by Crippen LogP contribution is 1.73. The van der Waals surface area contributed by atoms with Crippen LogP contribution >= 0.6 is 12.2 Å². The highest BCUT2D eigenvalue weighted by atomic mass is 32.1. The summed E-state index contributed by atoms with van der Waals surface area (Å²) in [6.07, 6.45) is 0.684. The summed E-state index contributed by atoms with van der Waals surface area (Å²) in [4.78, 5) is 3.57. The first-order chi connectivity index (χ1) is 3.41. The molecule has 0 saturated carbocycles. The van der Waals surface area contributed by atoms with Crippen LogP contribution in [0.15, 0.2) is 4.99 Å². The first-order valence-corrected chi connectivity index (χ1v) is 2.47. The van der Waals surface area contributed by atoms with E-state index in [4.69, 9.17) is 5.11 Å². The van der Waals surface area contributed by atoms with Crippen LogP contribution in [-0.2, 0) is 0 Å². The zero-order chi connectivity index (χ0) is 5.54. The summed E-state index contributed by atoms with van der Waals surface area (Å²) >= 11 is 4.27. The minimum Gasteiger partial charge on any atom is -0.396 e. The highest BCUT2D eigenvalue weighted by molar-refractivity contribution is 7.78. The van der Waals surface area contributed by atoms with Crippen LogP contribution in [0.5, 0.6) is 0 Å². The van der Waals surface area contributed by atoms with Gasteiger partial charge < -0.3 is 5.11 Å². The van der Waals surface area contributed by atoms with Crippen molar-refractivity contribution in [3.8, 4) is 0 Å². The molecule has 0 bridgehead atoms. The normalized spacial score (nSPS) is 7.57. The fourth-order valence-corrected chi connectivity index (χ4v) is 0.287. The van der Waals surface area contributed by atoms with Gasteiger partial charge in [-0.2, -0.15) is 0 Å². The Morgan fingerprint density at radius 1 is 1.71 bits per heavy atom. The van der Waals surface area contributed by atoms with Crippen LogP contribution in [0.3, 0.4) is 0 Å². The van der Waals surface area contributed by atoms with Gasteiger partial charge >= 0.3 is 0 Å². The topological polar surface area (TPSA) is 32.6 Å². The first kappa shape index (κ1) is 6.76. The Morgan fingerprint density at radius 3 is 2.86 bits per heavy atom. The van der Waals surface area contributed by atoms with E-state index in [2.05, 4.69) is 22.4 Å². The predicted molar refractivity (Wildman–Crippen MR) is 31.6 cm³/mol. The van der Waals surface area contributed by atoms with Gasteiger partial charge in [-0.25, -0.2) is 4.99 Å². The van der Waals surface area contributed by atoms with Crippen LogP contribution in [0.25, 0.3) is 0 Å². The predicted octanol–water partition coefficient (Wildman–Crippen LogP) is 0.472. The van der Waals surface area contributed by atoms with Crippen LogP contribution in [0.4, 0.5) is 0 Å². The van der Waals surface area contributed by atoms with Crippen molar-refractivity contribution in [2.24, 2.45) is 4.99 Å². The van der Waals surface area contributed by atoms with Gasteiger partial charge in [-0.05, 0) is 18.6 Å². The van der Waals surface area contributed by atoms with E-state index in [1.807, 2.05) is 0 Å². The average Bonchev–Trinajstić information content (AvgIpc) is 1.69. The van der Waals surface area contributed by atoms with Crippen LogP contribution in [0, 0.1) is 0 Å². The molecule has 0 unspecified atom stereocenters. The molecule has 0 aromatic rings. The Balaban J connectivity index is 2.83. The number of aliphatic hydroxyl groups is 1. The van der Waals surface area contributed by atoms with E-state index < -0.39 is 0 Å². The fourth-order valence-electron chi connectivity index (χ4n) is 0.195. The lowest BCUT2D eigenvalue weighted by Gasteiger charge is -1.81. The maximum Gasteiger partial charge on any atom is 0.0584 e. The summed E-state index contributed by atoms with van der Waals surface area (Å²) < 4.78 is 0. The second-order valence-electron chi connectivity index (χ2n) is 1.05. The van der Waals surface area contributed by atoms with Crippen molar-refractivity contribution >= 4 is 17.4 Å². The summed E-state index contributed by atoms with van der Waals surface area (Å²) in [6, 6.07) is 0. The molecule has 0 radical (unpaired) electrons. The van der Waals surface area contributed by atoms with Gasteiger partial charge in [-0.1, -0.05) is 0 Å². The summed E-state index contributed by atoms with van der Waals surface area (Å²) in [6.45, 7) is 0.778. The molecular weight excluding hydrogens is 110 g/mol. The summed E-state index contributed by atoms with van der Waals surface area (Å²) in [5, 5.41) is 10.4. The summed E-state index contributed by atoms with van der Waals surface area (Å²) in [5.74, 6) is 0. The Kier molecular flexibility index (Phi) is 5.56. The number of thiocarbonyl (C=S) groups is 1. The number of aliphatic hydroxyl groups excluding tert-OH is 1. The van der Waals surface area contributed by atoms with Crippen LogP contribution in [0.2, 0.25) is 0 Å². The molecule has 0 rings (SSSR count). The Hall–Kier alpha value is -0.240. The molecule has 0 aliphatic rings. The van der Waals surface area contributed by atoms with Gasteiger partial charge in [0.25, 0.3) is 0 Å². The Labute approximate surface area is 47.9 Å². The third-order valence-electron chi connectivity index (χ3n) is 0.493. The van der Waals surface area contributed by atoms with Gasteiger partial charge in [-0.3, -0.25) is 0 Å². The van der Waals surface area contributed by atoms with Crippen LogP contribution in [-0.4, -0.2) is 23.4 Å². The first-order valence-electron chi connectivity index (χ1n) is 2.06. The lowest BCUT2D eigenvalue weighted by Crippen LogP contribution is -1.84. The van der Waals surface area contributed by atoms with Crippen molar-refractivity contribution in [2.45, 2.75) is 6.42 Å². The molecule has 0 spiro atoms. The van der Waals surface area contributed by atoms with Gasteiger partial charge in [0, 0.05) is 6.61 Å². The van der Waals surface area contributed by atoms with Gasteiger partial charge in [0.05, 0.1) is 11.7 Å². The molecular formula is C4H7NOS. The number of isothiocyanates is 1. The molecule has 2 nitrogen and oxygen atoms in total. The third kappa shape index (κ3) is 5.76. The molecule has 3 heteroatoms. The van der Waals surface area contributed by atoms with Crippen molar-refractivity contribution in [3.63, 3.8) is 0 Å². The number of hydrogen-bond donors (Lipinski definition) is 1. The zero-order valence-corrected chi connectivity index (χ0v) is 4.74. The highest BCUT2D eigenvalue weighted by Gasteiger charge is 1.74. The van der Waals surface area contributed by atoms with E-state index in [-0.39, 0.29) is 6.61 Å². The van der Waals surface area contributed by atoms with Gasteiger partial charge in [0.2, 0.25) is 0 Å². The van der Waals surface area contributed by atoms with Crippen LogP contribution < -0.4 is 0 Å². The molecule has 0 amide bonds. The molecule has 7 heavy (non-hydrogen) atoms. The number of hydrogen-bond acceptors (Lipinski definition) is 3. The van der Waals surface area contributed by atoms with E-state index in [9.17, 15) is 0 Å². The standard InChI is InChI=1S/C4H7NOS/c6-3-1-2-5-4-7/h6H,1-3H2. The lowest BCUT2D eigenvalue weighted by atomic mass is 10.5. The Bertz CT molecular complexity index is 77.8. The third-order valence-corrected chi connectivity index (χ3v) is 0.622. The van der Waals surface area contributed by atoms with Crippen molar-refractivity contribution in [1.29, 1.82) is 0 Å². The molecule has 0 aromatic heterocycles. The molecule has 0 heterocycles. The zero-order valence-electron chi connectivity index (χ0n) is 3.92. The smallest absolute Gasteiger partial charge is 0.0584 e. The van der Waals surface area contributed by atoms with Crippen molar-refractivity contribution in [3.05, 3.63) is 0 Å². The SMILES string of the molecule is OCCCN=C=S. The van der Waals surface area contributed by atoms with E-state index in [0.29, 0.717) is 13.0 Å². The van der Waals surface area contributed by atoms with Gasteiger partial charge in [-0.15, -0.1) is 0 Å². The maximum absolute atomic E-state index is 8.17. The van der Waals surface area contributed by atoms with E-state index in [0.717, 1.165) is 0 Å². The Morgan fingerprint density at radius 2 is 2.43 bits per heavy atom. The molecule has 40 valence electrons. The van der Waals surface area contributed by atoms with Crippen molar-refractivity contribution in [1.82, 2.24) is 0 Å². The quantitative estimate of drug-likeness (QED) is 0.331. The monoisotopic (exact) mass is 117 g/mol. The molecule has 0 saturated heterocycles. The number of nitrogens with zero attached hydrogens (tertiary/aromatic N) is 1. The number of aliphatic imine (C=N–C) groups is 1. The average molecular weight is 117 g/mol. The number of rotatable bonds is 3. The molecule has 0 aliphatic heterocycles. The van der Waals surface area contributed by atoms with Gasteiger partial charge in [0.15, 0.2) is 0 Å². The fraction of sp³-hybridized carbons (Fsp3) is 0.750. The van der Waals surface area contributed by atoms with E-state index in [1.54, 1.807) is 0 Å². The molecule has 1 N–H and O–H groups in total. The molecule has 0 aliphatic carbocycles.